The monoisotopic (exact) mass is 608 g/mol. The molecule has 2 aromatic heterocycles. The summed E-state index contributed by atoms with van der Waals surface area (Å²) in [5.41, 5.74) is 2.27. The molecule has 0 radical (unpaired) electrons. The second-order valence-electron chi connectivity index (χ2n) is 11.7. The summed E-state index contributed by atoms with van der Waals surface area (Å²) in [6.45, 7) is 7.46. The summed E-state index contributed by atoms with van der Waals surface area (Å²) in [5.74, 6) is 0.327. The van der Waals surface area contributed by atoms with Gasteiger partial charge in [-0.15, -0.1) is 0 Å². The number of ether oxygens (including phenoxy) is 2. The molecule has 1 amide bonds. The first-order valence-corrected chi connectivity index (χ1v) is 17.2. The molecule has 2 aliphatic rings. The summed E-state index contributed by atoms with van der Waals surface area (Å²) in [6.07, 6.45) is 9.60. The van der Waals surface area contributed by atoms with Crippen molar-refractivity contribution in [1.29, 1.82) is 0 Å². The van der Waals surface area contributed by atoms with E-state index in [1.165, 1.54) is 0 Å². The summed E-state index contributed by atoms with van der Waals surface area (Å²) in [6, 6.07) is 10.9. The van der Waals surface area contributed by atoms with Gasteiger partial charge in [0.05, 0.1) is 31.0 Å². The molecule has 232 valence electrons. The number of pyridine rings is 1. The lowest BCUT2D eigenvalue weighted by atomic mass is 10.0. The van der Waals surface area contributed by atoms with E-state index >= 15 is 4.57 Å². The minimum Gasteiger partial charge on any atom is -0.497 e. The van der Waals surface area contributed by atoms with E-state index in [2.05, 4.69) is 28.3 Å². The van der Waals surface area contributed by atoms with Crippen LogP contribution in [0.25, 0.3) is 5.52 Å². The number of aromatic nitrogens is 1. The van der Waals surface area contributed by atoms with Gasteiger partial charge in [-0.05, 0) is 75.3 Å². The van der Waals surface area contributed by atoms with E-state index < -0.39 is 13.5 Å². The third-order valence-corrected chi connectivity index (χ3v) is 12.2. The van der Waals surface area contributed by atoms with Crippen molar-refractivity contribution >= 4 is 24.8 Å². The van der Waals surface area contributed by atoms with Crippen molar-refractivity contribution in [2.24, 2.45) is 0 Å². The van der Waals surface area contributed by atoms with E-state index in [9.17, 15) is 9.59 Å². The second-order valence-corrected chi connectivity index (χ2v) is 14.0. The molecule has 3 aromatic rings. The number of methoxy groups -OCH3 is 2. The molecule has 43 heavy (non-hydrogen) atoms. The number of amides is 1. The van der Waals surface area contributed by atoms with Gasteiger partial charge in [-0.2, -0.15) is 0 Å². The highest BCUT2D eigenvalue weighted by Gasteiger charge is 2.46. The van der Waals surface area contributed by atoms with Gasteiger partial charge >= 0.3 is 7.59 Å². The van der Waals surface area contributed by atoms with Crippen LogP contribution in [0.3, 0.4) is 0 Å². The van der Waals surface area contributed by atoms with Crippen molar-refractivity contribution in [1.82, 2.24) is 18.8 Å². The highest BCUT2D eigenvalue weighted by Crippen LogP contribution is 2.56. The van der Waals surface area contributed by atoms with Crippen LogP contribution in [0.15, 0.2) is 42.6 Å². The lowest BCUT2D eigenvalue weighted by Crippen LogP contribution is -2.50. The molecule has 2 atom stereocenters. The number of nitrogens with zero attached hydrogens (tertiary/aromatic N) is 3. The topological polar surface area (TPSA) is 92.6 Å². The number of hydrogen-bond donors (Lipinski definition) is 1. The van der Waals surface area contributed by atoms with Gasteiger partial charge < -0.3 is 13.9 Å². The maximum atomic E-state index is 15.4. The van der Waals surface area contributed by atoms with Crippen LogP contribution in [-0.4, -0.2) is 64.8 Å². The van der Waals surface area contributed by atoms with Crippen LogP contribution in [0.2, 0.25) is 0 Å². The number of benzene rings is 1. The van der Waals surface area contributed by atoms with Crippen LogP contribution in [0.1, 0.15) is 97.2 Å². The van der Waals surface area contributed by atoms with Crippen molar-refractivity contribution in [2.45, 2.75) is 84.2 Å². The van der Waals surface area contributed by atoms with Gasteiger partial charge in [0.1, 0.15) is 11.5 Å². The smallest absolute Gasteiger partial charge is 0.311 e. The first-order valence-electron chi connectivity index (χ1n) is 15.6. The molecule has 2 unspecified atom stereocenters. The molecule has 0 aliphatic carbocycles. The van der Waals surface area contributed by atoms with E-state index in [4.69, 9.17) is 9.47 Å². The number of nitrogens with one attached hydrogen (secondary N) is 1. The Balaban J connectivity index is 1.60. The van der Waals surface area contributed by atoms with Crippen molar-refractivity contribution in [3.63, 3.8) is 0 Å². The van der Waals surface area contributed by atoms with Crippen molar-refractivity contribution < 1.29 is 23.6 Å². The Labute approximate surface area is 255 Å². The van der Waals surface area contributed by atoms with Gasteiger partial charge in [0.25, 0.3) is 5.91 Å². The summed E-state index contributed by atoms with van der Waals surface area (Å²) in [4.78, 5) is 28.5. The fourth-order valence-electron chi connectivity index (χ4n) is 6.95. The maximum Gasteiger partial charge on any atom is 0.311 e. The number of carbonyl (C=O) groups excluding carboxylic acids is 2. The van der Waals surface area contributed by atoms with Gasteiger partial charge in [-0.3, -0.25) is 19.2 Å². The average Bonchev–Trinajstić information content (AvgIpc) is 3.35. The van der Waals surface area contributed by atoms with Crippen molar-refractivity contribution in [2.75, 3.05) is 27.3 Å². The molecular formula is C33H45N4O5P. The van der Waals surface area contributed by atoms with E-state index in [0.29, 0.717) is 52.5 Å². The third-order valence-electron chi connectivity index (χ3n) is 9.22. The molecule has 2 saturated heterocycles. The molecule has 1 N–H and O–H groups in total. The first kappa shape index (κ1) is 31.3. The second kappa shape index (κ2) is 13.2. The lowest BCUT2D eigenvalue weighted by molar-refractivity contribution is 0.0964. The molecular weight excluding hydrogens is 563 g/mol. The number of fused-ring (bicyclic) bond motifs is 1. The van der Waals surface area contributed by atoms with E-state index in [1.807, 2.05) is 18.2 Å². The summed E-state index contributed by atoms with van der Waals surface area (Å²) < 4.78 is 32.2. The number of ketones is 1. The van der Waals surface area contributed by atoms with Crippen LogP contribution < -0.4 is 14.6 Å². The minimum absolute atomic E-state index is 0.145. The largest absolute Gasteiger partial charge is 0.497 e. The highest BCUT2D eigenvalue weighted by atomic mass is 31.2. The molecule has 0 spiro atoms. The maximum absolute atomic E-state index is 15.4. The summed E-state index contributed by atoms with van der Waals surface area (Å²) in [5, 5.41) is 3.14. The Bertz CT molecular complexity index is 1480. The van der Waals surface area contributed by atoms with Gasteiger partial charge in [0, 0.05) is 43.0 Å². The molecule has 10 heteroatoms. The summed E-state index contributed by atoms with van der Waals surface area (Å²) >= 11 is 0. The van der Waals surface area contributed by atoms with Crippen LogP contribution >= 0.6 is 7.59 Å². The van der Waals surface area contributed by atoms with Crippen LogP contribution in [-0.2, 0) is 4.57 Å². The molecule has 4 heterocycles. The molecule has 2 aliphatic heterocycles. The zero-order valence-corrected chi connectivity index (χ0v) is 27.0. The Morgan fingerprint density at radius 2 is 1.49 bits per heavy atom. The van der Waals surface area contributed by atoms with E-state index in [0.717, 1.165) is 51.4 Å². The zero-order chi connectivity index (χ0) is 30.7. The van der Waals surface area contributed by atoms with Crippen LogP contribution in [0.5, 0.6) is 11.5 Å². The Morgan fingerprint density at radius 3 is 2.02 bits per heavy atom. The first-order chi connectivity index (χ1) is 20.8. The molecule has 9 nitrogen and oxygen atoms in total. The molecule has 0 bridgehead atoms. The van der Waals surface area contributed by atoms with E-state index in [1.54, 1.807) is 49.9 Å². The van der Waals surface area contributed by atoms with E-state index in [-0.39, 0.29) is 17.9 Å². The number of carbonyl (C=O) groups is 2. The molecule has 1 aromatic carbocycles. The molecule has 5 rings (SSSR count). The predicted molar refractivity (Wildman–Crippen MR) is 169 cm³/mol. The number of piperidine rings is 2. The number of hydrogen-bond acceptors (Lipinski definition) is 5. The van der Waals surface area contributed by atoms with Gasteiger partial charge in [0.2, 0.25) is 5.78 Å². The Kier molecular flexibility index (Phi) is 9.64. The summed E-state index contributed by atoms with van der Waals surface area (Å²) in [7, 11) is -0.409. The molecule has 0 saturated carbocycles. The lowest BCUT2D eigenvalue weighted by Gasteiger charge is -2.48. The SMILES string of the molecule is CCC1CCCCN1P(=O)(NC(=O)c1c(C)c(C(=O)c2cc(OC)cc(OC)c2)n2ccccc12)N1CCCCC1CC. The highest BCUT2D eigenvalue weighted by molar-refractivity contribution is 7.57. The normalized spacial score (nSPS) is 21.3. The predicted octanol–water partition coefficient (Wildman–Crippen LogP) is 6.86. The zero-order valence-electron chi connectivity index (χ0n) is 26.1. The Morgan fingerprint density at radius 1 is 0.907 bits per heavy atom. The fraction of sp³-hybridized carbons (Fsp3) is 0.515. The van der Waals surface area contributed by atoms with Gasteiger partial charge in [-0.25, -0.2) is 9.34 Å². The van der Waals surface area contributed by atoms with Crippen LogP contribution in [0.4, 0.5) is 0 Å². The van der Waals surface area contributed by atoms with Crippen molar-refractivity contribution in [3.05, 3.63) is 65.0 Å². The van der Waals surface area contributed by atoms with Crippen LogP contribution in [0, 0.1) is 6.92 Å². The minimum atomic E-state index is -3.49. The Hall–Kier alpha value is -3.13. The van der Waals surface area contributed by atoms with Gasteiger partial charge in [0.15, 0.2) is 0 Å². The molecule has 2 fully saturated rings. The quantitative estimate of drug-likeness (QED) is 0.199. The average molecular weight is 609 g/mol. The number of rotatable bonds is 10. The van der Waals surface area contributed by atoms with Gasteiger partial charge in [-0.1, -0.05) is 32.8 Å². The standard InChI is InChI=1S/C33H45N4O5P/c1-6-25-14-8-12-18-36(25)43(40,37-19-13-9-15-26(37)7-2)34-33(39)30-23(3)31(35-17-11-10-16-29(30)35)32(38)24-20-27(41-4)22-28(21-24)42-5/h10-11,16-17,20-22,25-26H,6-9,12-15,18-19H2,1-5H3,(H,34,39,40). The van der Waals surface area contributed by atoms with Crippen molar-refractivity contribution in [3.8, 4) is 11.5 Å². The third kappa shape index (κ3) is 5.87. The fourth-order valence-corrected chi connectivity index (χ4v) is 10.1.